The summed E-state index contributed by atoms with van der Waals surface area (Å²) in [5.74, 6) is -0.0582. The van der Waals surface area contributed by atoms with Gasteiger partial charge in [-0.25, -0.2) is 4.79 Å². The predicted octanol–water partition coefficient (Wildman–Crippen LogP) is 3.46. The lowest BCUT2D eigenvalue weighted by molar-refractivity contribution is -0.183. The summed E-state index contributed by atoms with van der Waals surface area (Å²) in [6, 6.07) is 4.68. The summed E-state index contributed by atoms with van der Waals surface area (Å²) in [4.78, 5) is 33.4. The molecule has 4 N–H and O–H groups in total. The number of hydrogen-bond acceptors (Lipinski definition) is 8. The second kappa shape index (κ2) is 13.4. The number of rotatable bonds is 12. The Kier molecular flexibility index (Phi) is 10.3. The molecule has 1 saturated heterocycles. The number of amides is 1. The van der Waals surface area contributed by atoms with Crippen molar-refractivity contribution in [1.82, 2.24) is 15.3 Å². The number of carboxylic acids is 1. The number of carbonyl (C=O) groups excluding carboxylic acids is 1. The smallest absolute Gasteiger partial charge is 0.328 e. The molecule has 3 saturated carbocycles. The van der Waals surface area contributed by atoms with E-state index in [2.05, 4.69) is 32.7 Å². The molecule has 4 fully saturated rings. The number of ether oxygens (including phenoxy) is 1. The number of aliphatic hydroxyl groups is 2. The first-order valence-electron chi connectivity index (χ1n) is 15.4. The number of likely N-dealkylation sites (N-methyl/N-ethyl adjacent to an activating group) is 1. The topological polar surface area (TPSA) is 132 Å². The highest BCUT2D eigenvalue weighted by atomic mass is 16.7. The molecule has 0 spiro atoms. The number of hydrogen-bond donors (Lipinski definition) is 4. The average Bonchev–Trinajstić information content (AvgIpc) is 3.34. The fraction of sp³-hybridized carbons (Fsp3) is 0.588. The predicted molar refractivity (Wildman–Crippen MR) is 168 cm³/mol. The van der Waals surface area contributed by atoms with Crippen LogP contribution in [0.25, 0.3) is 5.57 Å². The van der Waals surface area contributed by atoms with Crippen molar-refractivity contribution in [2.75, 3.05) is 27.8 Å². The van der Waals surface area contributed by atoms with E-state index in [4.69, 9.17) is 9.57 Å². The fourth-order valence-electron chi connectivity index (χ4n) is 7.52. The van der Waals surface area contributed by atoms with Gasteiger partial charge in [-0.2, -0.15) is 5.06 Å². The van der Waals surface area contributed by atoms with E-state index < -0.39 is 30.1 Å². The van der Waals surface area contributed by atoms with E-state index in [0.717, 1.165) is 12.5 Å². The van der Waals surface area contributed by atoms with Crippen molar-refractivity contribution in [2.24, 2.45) is 29.1 Å². The Hall–Kier alpha value is -3.18. The van der Waals surface area contributed by atoms with Crippen LogP contribution in [0.15, 0.2) is 48.7 Å². The fourth-order valence-corrected chi connectivity index (χ4v) is 7.52. The van der Waals surface area contributed by atoms with E-state index in [1.807, 2.05) is 37.2 Å². The van der Waals surface area contributed by atoms with Gasteiger partial charge in [-0.05, 0) is 60.7 Å². The standard InChI is InChI=1S/C34H49N3O7/c1-19(36(6)7)14-22(12-13-29(40)41)25-11-9-10-23(32(25)43-8)17-37-31(30(21(3)39)28(18-38)44-37)33(42)35-27-16-24-15-26(20(27)2)34(24,4)5/h9-14,20-21,24,26-28,30-31,38-39H,1,15-18H2,2-8H3,(H,35,42)(H,40,41)/t20-,21-,24+,26-,27-,28-,30+,31-/m0/s1. The van der Waals surface area contributed by atoms with Crippen molar-refractivity contribution in [3.05, 3.63) is 59.8 Å². The maximum Gasteiger partial charge on any atom is 0.328 e. The van der Waals surface area contributed by atoms with E-state index in [0.29, 0.717) is 45.9 Å². The first kappa shape index (κ1) is 33.7. The zero-order chi connectivity index (χ0) is 32.5. The lowest BCUT2D eigenvalue weighted by Gasteiger charge is -2.62. The van der Waals surface area contributed by atoms with Crippen LogP contribution in [-0.4, -0.2) is 89.3 Å². The minimum Gasteiger partial charge on any atom is -0.496 e. The maximum absolute atomic E-state index is 14.0. The van der Waals surface area contributed by atoms with Crippen LogP contribution in [-0.2, 0) is 21.0 Å². The lowest BCUT2D eigenvalue weighted by Crippen LogP contribution is -2.62. The molecule has 3 aliphatic carbocycles. The van der Waals surface area contributed by atoms with Crippen LogP contribution in [0.4, 0.5) is 0 Å². The third-order valence-corrected chi connectivity index (χ3v) is 10.3. The minimum absolute atomic E-state index is 0.0281. The van der Waals surface area contributed by atoms with Crippen molar-refractivity contribution in [1.29, 1.82) is 0 Å². The number of hydroxylamine groups is 2. The number of benzene rings is 1. The molecule has 0 unspecified atom stereocenters. The van der Waals surface area contributed by atoms with Gasteiger partial charge in [-0.15, -0.1) is 0 Å². The van der Waals surface area contributed by atoms with E-state index in [9.17, 15) is 24.9 Å². The Morgan fingerprint density at radius 2 is 1.98 bits per heavy atom. The average molecular weight is 612 g/mol. The molecule has 1 aromatic carbocycles. The number of carbonyl (C=O) groups is 2. The van der Waals surface area contributed by atoms with Crippen molar-refractivity contribution in [3.63, 3.8) is 0 Å². The molecule has 44 heavy (non-hydrogen) atoms. The molecule has 1 heterocycles. The third kappa shape index (κ3) is 6.59. The van der Waals surface area contributed by atoms with E-state index in [1.165, 1.54) is 19.6 Å². The van der Waals surface area contributed by atoms with Gasteiger partial charge in [0.1, 0.15) is 17.9 Å². The van der Waals surface area contributed by atoms with Crippen molar-refractivity contribution >= 4 is 17.4 Å². The molecule has 0 radical (unpaired) electrons. The van der Waals surface area contributed by atoms with Crippen molar-refractivity contribution in [3.8, 4) is 5.75 Å². The summed E-state index contributed by atoms with van der Waals surface area (Å²) in [7, 11) is 5.22. The molecule has 242 valence electrons. The van der Waals surface area contributed by atoms with Crippen LogP contribution in [0.1, 0.15) is 51.7 Å². The number of carboxylic acid groups (broad SMARTS) is 1. The van der Waals surface area contributed by atoms with Crippen LogP contribution >= 0.6 is 0 Å². The quantitative estimate of drug-likeness (QED) is 0.207. The number of fused-ring (bicyclic) bond motifs is 2. The SMILES string of the molecule is C=C(C=C(C=CC(=O)O)c1cccc(CN2O[C@@H](CO)[C@@H]([C@H](C)O)[C@H]2C(=O)N[C@H]2C[C@H]3C[C@@H]([C@@H]2C)C3(C)C)c1OC)N(C)C. The zero-order valence-electron chi connectivity index (χ0n) is 27.0. The molecule has 0 aromatic heterocycles. The van der Waals surface area contributed by atoms with Gasteiger partial charge in [-0.3, -0.25) is 9.63 Å². The van der Waals surface area contributed by atoms with Crippen molar-refractivity contribution in [2.45, 2.75) is 71.4 Å². The molecule has 8 atom stereocenters. The Labute approximate surface area is 261 Å². The summed E-state index contributed by atoms with van der Waals surface area (Å²) in [6.07, 6.45) is 4.74. The van der Waals surface area contributed by atoms with Gasteiger partial charge in [0, 0.05) is 49.0 Å². The molecular formula is C34H49N3O7. The molecule has 1 aromatic rings. The second-order valence-corrected chi connectivity index (χ2v) is 13.4. The minimum atomic E-state index is -1.09. The van der Waals surface area contributed by atoms with Gasteiger partial charge in [-0.1, -0.05) is 45.5 Å². The summed E-state index contributed by atoms with van der Waals surface area (Å²) in [6.45, 7) is 12.3. The van der Waals surface area contributed by atoms with Gasteiger partial charge < -0.3 is 30.3 Å². The monoisotopic (exact) mass is 611 g/mol. The number of aliphatic hydroxyl groups excluding tert-OH is 2. The highest BCUT2D eigenvalue weighted by Crippen LogP contribution is 2.61. The third-order valence-electron chi connectivity index (χ3n) is 10.3. The van der Waals surface area contributed by atoms with Gasteiger partial charge in [0.2, 0.25) is 5.91 Å². The number of nitrogens with one attached hydrogen (secondary N) is 1. The van der Waals surface area contributed by atoms with Crippen LogP contribution in [0, 0.1) is 29.1 Å². The number of allylic oxidation sites excluding steroid dienone is 3. The van der Waals surface area contributed by atoms with E-state index >= 15 is 0 Å². The summed E-state index contributed by atoms with van der Waals surface area (Å²) in [5, 5.41) is 35.1. The van der Waals surface area contributed by atoms with Crippen molar-refractivity contribution < 1.29 is 34.5 Å². The van der Waals surface area contributed by atoms with Crippen LogP contribution in [0.3, 0.4) is 0 Å². The number of methoxy groups -OCH3 is 1. The molecule has 4 aliphatic rings. The van der Waals surface area contributed by atoms with Gasteiger partial charge in [0.05, 0.1) is 26.4 Å². The molecule has 1 aliphatic heterocycles. The van der Waals surface area contributed by atoms with Gasteiger partial charge >= 0.3 is 5.97 Å². The maximum atomic E-state index is 14.0. The summed E-state index contributed by atoms with van der Waals surface area (Å²) >= 11 is 0. The Morgan fingerprint density at radius 1 is 1.27 bits per heavy atom. The molecule has 1 amide bonds. The Morgan fingerprint density at radius 3 is 2.52 bits per heavy atom. The van der Waals surface area contributed by atoms with E-state index in [1.54, 1.807) is 18.1 Å². The summed E-state index contributed by atoms with van der Waals surface area (Å²) in [5.41, 5.74) is 2.83. The normalized spacial score (nSPS) is 30.5. The molecule has 2 bridgehead atoms. The van der Waals surface area contributed by atoms with E-state index in [-0.39, 0.29) is 30.5 Å². The number of aliphatic carboxylic acids is 1. The van der Waals surface area contributed by atoms with Gasteiger partial charge in [0.25, 0.3) is 0 Å². The lowest BCUT2D eigenvalue weighted by atomic mass is 9.45. The number of para-hydroxylation sites is 1. The molecule has 10 nitrogen and oxygen atoms in total. The van der Waals surface area contributed by atoms with Crippen LogP contribution in [0.2, 0.25) is 0 Å². The molecule has 5 rings (SSSR count). The highest BCUT2D eigenvalue weighted by Gasteiger charge is 2.57. The zero-order valence-corrected chi connectivity index (χ0v) is 27.0. The van der Waals surface area contributed by atoms with Crippen LogP contribution in [0.5, 0.6) is 5.75 Å². The largest absolute Gasteiger partial charge is 0.496 e. The molecular weight excluding hydrogens is 562 g/mol. The first-order valence-corrected chi connectivity index (χ1v) is 15.4. The Bertz CT molecular complexity index is 1300. The molecule has 10 heteroatoms. The number of nitrogens with zero attached hydrogens (tertiary/aromatic N) is 2. The van der Waals surface area contributed by atoms with Gasteiger partial charge in [0.15, 0.2) is 0 Å². The second-order valence-electron chi connectivity index (χ2n) is 13.4. The van der Waals surface area contributed by atoms with Crippen LogP contribution < -0.4 is 10.1 Å². The first-order chi connectivity index (χ1) is 20.7. The summed E-state index contributed by atoms with van der Waals surface area (Å²) < 4.78 is 5.86. The Balaban J connectivity index is 1.66. The highest BCUT2D eigenvalue weighted by molar-refractivity contribution is 5.88.